The van der Waals surface area contributed by atoms with Gasteiger partial charge in [0.05, 0.1) is 0 Å². The van der Waals surface area contributed by atoms with Crippen molar-refractivity contribution in [1.82, 2.24) is 10.2 Å². The maximum atomic E-state index is 3.89. The minimum atomic E-state index is 0.708. The Bertz CT molecular complexity index is 227. The van der Waals surface area contributed by atoms with Crippen LogP contribution in [0.25, 0.3) is 0 Å². The van der Waals surface area contributed by atoms with Crippen LogP contribution in [-0.2, 0) is 0 Å². The van der Waals surface area contributed by atoms with Crippen LogP contribution in [0.5, 0.6) is 0 Å². The van der Waals surface area contributed by atoms with Crippen molar-refractivity contribution < 1.29 is 0 Å². The lowest BCUT2D eigenvalue weighted by Gasteiger charge is -2.39. The Labute approximate surface area is 113 Å². The first-order valence-corrected chi connectivity index (χ1v) is 7.50. The lowest BCUT2D eigenvalue weighted by molar-refractivity contribution is 0.129. The van der Waals surface area contributed by atoms with E-state index in [4.69, 9.17) is 0 Å². The van der Waals surface area contributed by atoms with Crippen LogP contribution in [0.4, 0.5) is 0 Å². The summed E-state index contributed by atoms with van der Waals surface area (Å²) in [6.07, 6.45) is 10.7. The number of piperidine rings is 1. The predicted molar refractivity (Wildman–Crippen MR) is 80.9 cm³/mol. The Morgan fingerprint density at radius 3 is 2.56 bits per heavy atom. The molecule has 0 aromatic carbocycles. The largest absolute Gasteiger partial charge is 0.316 e. The average Bonchev–Trinajstić information content (AvgIpc) is 2.39. The van der Waals surface area contributed by atoms with Gasteiger partial charge in [-0.15, -0.1) is 13.2 Å². The molecule has 1 heterocycles. The van der Waals surface area contributed by atoms with Gasteiger partial charge in [0.1, 0.15) is 0 Å². The van der Waals surface area contributed by atoms with E-state index in [0.29, 0.717) is 6.04 Å². The van der Waals surface area contributed by atoms with E-state index in [-0.39, 0.29) is 0 Å². The van der Waals surface area contributed by atoms with Gasteiger partial charge in [-0.3, -0.25) is 4.90 Å². The van der Waals surface area contributed by atoms with Crippen molar-refractivity contribution in [2.24, 2.45) is 5.92 Å². The summed E-state index contributed by atoms with van der Waals surface area (Å²) in [5.74, 6) is 0.796. The van der Waals surface area contributed by atoms with Crippen molar-refractivity contribution >= 4 is 0 Å². The fourth-order valence-electron chi connectivity index (χ4n) is 3.02. The topological polar surface area (TPSA) is 15.3 Å². The third-order valence-corrected chi connectivity index (χ3v) is 3.94. The quantitative estimate of drug-likeness (QED) is 0.499. The first-order chi connectivity index (χ1) is 8.83. The molecule has 0 aromatic heterocycles. The Balaban J connectivity index is 2.54. The lowest BCUT2D eigenvalue weighted by Crippen LogP contribution is -2.49. The molecule has 104 valence electrons. The highest BCUT2D eigenvalue weighted by molar-refractivity contribution is 4.91. The minimum absolute atomic E-state index is 0.708. The van der Waals surface area contributed by atoms with Crippen LogP contribution in [0, 0.1) is 5.92 Å². The van der Waals surface area contributed by atoms with Crippen molar-refractivity contribution in [3.63, 3.8) is 0 Å². The van der Waals surface area contributed by atoms with Crippen molar-refractivity contribution in [1.29, 1.82) is 0 Å². The van der Waals surface area contributed by atoms with E-state index in [2.05, 4.69) is 30.3 Å². The molecule has 0 bridgehead atoms. The molecule has 0 spiro atoms. The van der Waals surface area contributed by atoms with Gasteiger partial charge in [-0.2, -0.15) is 0 Å². The Morgan fingerprint density at radius 2 is 1.94 bits per heavy atom. The van der Waals surface area contributed by atoms with E-state index in [1.807, 2.05) is 12.2 Å². The Morgan fingerprint density at radius 1 is 1.22 bits per heavy atom. The van der Waals surface area contributed by atoms with E-state index in [1.54, 1.807) is 0 Å². The van der Waals surface area contributed by atoms with Crippen LogP contribution in [0.1, 0.15) is 39.0 Å². The highest BCUT2D eigenvalue weighted by Crippen LogP contribution is 2.23. The van der Waals surface area contributed by atoms with Gasteiger partial charge in [-0.1, -0.05) is 38.3 Å². The summed E-state index contributed by atoms with van der Waals surface area (Å²) < 4.78 is 0. The van der Waals surface area contributed by atoms with E-state index in [1.165, 1.54) is 38.6 Å². The fourth-order valence-corrected chi connectivity index (χ4v) is 3.02. The molecule has 1 saturated heterocycles. The molecule has 1 aliphatic heterocycles. The van der Waals surface area contributed by atoms with Crippen LogP contribution in [-0.4, -0.2) is 37.1 Å². The smallest absolute Gasteiger partial charge is 0.0166 e. The molecule has 2 atom stereocenters. The maximum Gasteiger partial charge on any atom is 0.0166 e. The van der Waals surface area contributed by atoms with E-state index in [0.717, 1.165) is 25.6 Å². The van der Waals surface area contributed by atoms with Gasteiger partial charge in [-0.25, -0.2) is 0 Å². The van der Waals surface area contributed by atoms with Crippen LogP contribution in [0.15, 0.2) is 25.3 Å². The van der Waals surface area contributed by atoms with Crippen molar-refractivity contribution in [2.75, 3.05) is 26.2 Å². The van der Waals surface area contributed by atoms with Crippen LogP contribution < -0.4 is 5.32 Å². The second-order valence-electron chi connectivity index (χ2n) is 5.35. The first-order valence-electron chi connectivity index (χ1n) is 7.50. The summed E-state index contributed by atoms with van der Waals surface area (Å²) in [6.45, 7) is 14.4. The summed E-state index contributed by atoms with van der Waals surface area (Å²) in [5.41, 5.74) is 0. The minimum Gasteiger partial charge on any atom is -0.316 e. The summed E-state index contributed by atoms with van der Waals surface area (Å²) in [4.78, 5) is 2.54. The van der Waals surface area contributed by atoms with Gasteiger partial charge in [-0.05, 0) is 31.8 Å². The monoisotopic (exact) mass is 250 g/mol. The summed E-state index contributed by atoms with van der Waals surface area (Å²) in [6, 6.07) is 0.708. The second kappa shape index (κ2) is 9.35. The van der Waals surface area contributed by atoms with Gasteiger partial charge >= 0.3 is 0 Å². The number of rotatable bonds is 9. The van der Waals surface area contributed by atoms with Crippen molar-refractivity contribution in [3.8, 4) is 0 Å². The van der Waals surface area contributed by atoms with Crippen LogP contribution >= 0.6 is 0 Å². The molecule has 2 unspecified atom stereocenters. The molecule has 1 N–H and O–H groups in total. The van der Waals surface area contributed by atoms with Gasteiger partial charge in [0, 0.05) is 19.1 Å². The summed E-state index contributed by atoms with van der Waals surface area (Å²) in [7, 11) is 0. The van der Waals surface area contributed by atoms with Gasteiger partial charge in [0.2, 0.25) is 0 Å². The molecular formula is C16H30N2. The number of nitrogens with zero attached hydrogens (tertiary/aromatic N) is 1. The molecule has 2 heteroatoms. The van der Waals surface area contributed by atoms with Crippen molar-refractivity contribution in [2.45, 2.75) is 45.1 Å². The SMILES string of the molecule is C=CCN(CC=C)C1CCNCC1CCCCC. The first kappa shape index (κ1) is 15.5. The predicted octanol–water partition coefficient (Wildman–Crippen LogP) is 3.22. The molecular weight excluding hydrogens is 220 g/mol. The molecule has 1 aliphatic rings. The molecule has 0 saturated carbocycles. The molecule has 0 radical (unpaired) electrons. The van der Waals surface area contributed by atoms with Crippen molar-refractivity contribution in [3.05, 3.63) is 25.3 Å². The Hall–Kier alpha value is -0.600. The van der Waals surface area contributed by atoms with E-state index in [9.17, 15) is 0 Å². The standard InChI is InChI=1S/C16H30N2/c1-4-7-8-9-15-14-17-11-10-16(15)18(12-5-2)13-6-3/h5-6,15-17H,2-4,7-14H2,1H3. The average molecular weight is 250 g/mol. The molecule has 0 amide bonds. The van der Waals surface area contributed by atoms with E-state index < -0.39 is 0 Å². The highest BCUT2D eigenvalue weighted by atomic mass is 15.2. The maximum absolute atomic E-state index is 3.89. The van der Waals surface area contributed by atoms with Gasteiger partial charge in [0.25, 0.3) is 0 Å². The zero-order chi connectivity index (χ0) is 13.2. The molecule has 2 nitrogen and oxygen atoms in total. The lowest BCUT2D eigenvalue weighted by atomic mass is 9.87. The number of hydrogen-bond acceptors (Lipinski definition) is 2. The third kappa shape index (κ3) is 4.95. The number of nitrogens with one attached hydrogen (secondary N) is 1. The summed E-state index contributed by atoms with van der Waals surface area (Å²) in [5, 5.41) is 3.55. The normalized spacial score (nSPS) is 24.1. The zero-order valence-corrected chi connectivity index (χ0v) is 12.0. The molecule has 0 aromatic rings. The number of unbranched alkanes of at least 4 members (excludes halogenated alkanes) is 2. The summed E-state index contributed by atoms with van der Waals surface area (Å²) >= 11 is 0. The third-order valence-electron chi connectivity index (χ3n) is 3.94. The van der Waals surface area contributed by atoms with Crippen LogP contribution in [0.2, 0.25) is 0 Å². The zero-order valence-electron chi connectivity index (χ0n) is 12.0. The van der Waals surface area contributed by atoms with Gasteiger partial charge < -0.3 is 5.32 Å². The molecule has 18 heavy (non-hydrogen) atoms. The fraction of sp³-hybridized carbons (Fsp3) is 0.750. The Kier molecular flexibility index (Phi) is 8.03. The van der Waals surface area contributed by atoms with E-state index >= 15 is 0 Å². The number of hydrogen-bond donors (Lipinski definition) is 1. The highest BCUT2D eigenvalue weighted by Gasteiger charge is 2.28. The molecule has 1 rings (SSSR count). The molecule has 0 aliphatic carbocycles. The van der Waals surface area contributed by atoms with Crippen LogP contribution in [0.3, 0.4) is 0 Å². The molecule has 1 fully saturated rings. The second-order valence-corrected chi connectivity index (χ2v) is 5.35. The van der Waals surface area contributed by atoms with Gasteiger partial charge in [0.15, 0.2) is 0 Å².